The molecule has 2 aromatic rings. The van der Waals surface area contributed by atoms with Crippen LogP contribution in [0.15, 0.2) is 22.7 Å². The summed E-state index contributed by atoms with van der Waals surface area (Å²) in [4.78, 5) is 28.6. The zero-order valence-electron chi connectivity index (χ0n) is 13.7. The van der Waals surface area contributed by atoms with E-state index < -0.39 is 5.97 Å². The molecule has 25 heavy (non-hydrogen) atoms. The Balaban J connectivity index is 1.62. The molecule has 7 nitrogen and oxygen atoms in total. The van der Waals surface area contributed by atoms with Crippen molar-refractivity contribution in [3.8, 4) is 11.4 Å². The molecule has 1 aromatic carbocycles. The normalized spacial score (nSPS) is 13.7. The topological polar surface area (TPSA) is 96.5 Å². The molecule has 1 aliphatic rings. The SMILES string of the molecule is Cc1ccc(-c2noc(CCC(=O)N(CC(=O)O)C3CC3)n2)cc1F. The maximum Gasteiger partial charge on any atom is 0.323 e. The van der Waals surface area contributed by atoms with E-state index in [0.29, 0.717) is 11.1 Å². The molecule has 1 N–H and O–H groups in total. The van der Waals surface area contributed by atoms with Crippen molar-refractivity contribution >= 4 is 11.9 Å². The van der Waals surface area contributed by atoms with Gasteiger partial charge in [-0.1, -0.05) is 17.3 Å². The van der Waals surface area contributed by atoms with Crippen molar-refractivity contribution in [2.75, 3.05) is 6.54 Å². The van der Waals surface area contributed by atoms with Gasteiger partial charge >= 0.3 is 5.97 Å². The number of carboxylic acid groups (broad SMARTS) is 1. The number of carbonyl (C=O) groups excluding carboxylic acids is 1. The van der Waals surface area contributed by atoms with Crippen LogP contribution in [0.1, 0.15) is 30.7 Å². The largest absolute Gasteiger partial charge is 0.480 e. The van der Waals surface area contributed by atoms with Gasteiger partial charge in [0.2, 0.25) is 17.6 Å². The molecule has 0 aliphatic heterocycles. The van der Waals surface area contributed by atoms with Gasteiger partial charge in [-0.2, -0.15) is 4.98 Å². The molecule has 0 spiro atoms. The number of rotatable bonds is 7. The van der Waals surface area contributed by atoms with Crippen LogP contribution in [0.4, 0.5) is 4.39 Å². The van der Waals surface area contributed by atoms with Gasteiger partial charge in [-0.05, 0) is 31.4 Å². The van der Waals surface area contributed by atoms with E-state index in [9.17, 15) is 14.0 Å². The van der Waals surface area contributed by atoms with Gasteiger partial charge < -0.3 is 14.5 Å². The Morgan fingerprint density at radius 1 is 1.40 bits per heavy atom. The van der Waals surface area contributed by atoms with Crippen LogP contribution in [0.3, 0.4) is 0 Å². The first-order chi connectivity index (χ1) is 11.9. The number of benzene rings is 1. The Labute approximate surface area is 143 Å². The first-order valence-corrected chi connectivity index (χ1v) is 8.04. The molecule has 1 heterocycles. The van der Waals surface area contributed by atoms with Gasteiger partial charge in [0.1, 0.15) is 12.4 Å². The molecule has 8 heteroatoms. The fourth-order valence-electron chi connectivity index (χ4n) is 2.52. The van der Waals surface area contributed by atoms with Crippen molar-refractivity contribution in [2.24, 2.45) is 0 Å². The van der Waals surface area contributed by atoms with Gasteiger partial charge in [-0.25, -0.2) is 4.39 Å². The van der Waals surface area contributed by atoms with Crippen LogP contribution in [0.2, 0.25) is 0 Å². The second kappa shape index (κ2) is 7.00. The molecule has 0 unspecified atom stereocenters. The summed E-state index contributed by atoms with van der Waals surface area (Å²) in [5.41, 5.74) is 1.02. The molecule has 1 aromatic heterocycles. The Kier molecular flexibility index (Phi) is 4.78. The highest BCUT2D eigenvalue weighted by molar-refractivity contribution is 5.82. The third-order valence-electron chi connectivity index (χ3n) is 4.06. The molecule has 1 fully saturated rings. The van der Waals surface area contributed by atoms with E-state index in [1.807, 2.05) is 0 Å². The Morgan fingerprint density at radius 3 is 2.80 bits per heavy atom. The first-order valence-electron chi connectivity index (χ1n) is 8.04. The van der Waals surface area contributed by atoms with E-state index in [-0.39, 0.29) is 48.9 Å². The number of carbonyl (C=O) groups is 2. The highest BCUT2D eigenvalue weighted by Crippen LogP contribution is 2.27. The minimum absolute atomic E-state index is 0.0254. The van der Waals surface area contributed by atoms with Crippen LogP contribution in [0, 0.1) is 12.7 Å². The van der Waals surface area contributed by atoms with Crippen molar-refractivity contribution in [3.05, 3.63) is 35.5 Å². The molecule has 0 atom stereocenters. The van der Waals surface area contributed by atoms with Gasteiger partial charge in [0.15, 0.2) is 0 Å². The number of carboxylic acids is 1. The molecular weight excluding hydrogens is 329 g/mol. The molecule has 0 radical (unpaired) electrons. The highest BCUT2D eigenvalue weighted by atomic mass is 19.1. The predicted molar refractivity (Wildman–Crippen MR) is 85.1 cm³/mol. The molecule has 1 saturated carbocycles. The summed E-state index contributed by atoms with van der Waals surface area (Å²) in [5, 5.41) is 12.7. The lowest BCUT2D eigenvalue weighted by molar-refractivity contribution is -0.144. The summed E-state index contributed by atoms with van der Waals surface area (Å²) >= 11 is 0. The summed E-state index contributed by atoms with van der Waals surface area (Å²) in [6, 6.07) is 4.68. The number of halogens is 1. The van der Waals surface area contributed by atoms with Crippen LogP contribution in [-0.4, -0.2) is 44.6 Å². The van der Waals surface area contributed by atoms with Crippen LogP contribution in [0.5, 0.6) is 0 Å². The quantitative estimate of drug-likeness (QED) is 0.825. The third-order valence-corrected chi connectivity index (χ3v) is 4.06. The maximum absolute atomic E-state index is 13.6. The Bertz CT molecular complexity index is 801. The Morgan fingerprint density at radius 2 is 2.16 bits per heavy atom. The summed E-state index contributed by atoms with van der Waals surface area (Å²) in [6.45, 7) is 1.37. The van der Waals surface area contributed by atoms with E-state index in [0.717, 1.165) is 12.8 Å². The lowest BCUT2D eigenvalue weighted by Crippen LogP contribution is -2.37. The summed E-state index contributed by atoms with van der Waals surface area (Å²) < 4.78 is 18.7. The second-order valence-electron chi connectivity index (χ2n) is 6.12. The number of aromatic nitrogens is 2. The summed E-state index contributed by atoms with van der Waals surface area (Å²) in [5.74, 6) is -1.11. The van der Waals surface area contributed by atoms with Crippen molar-refractivity contribution < 1.29 is 23.6 Å². The monoisotopic (exact) mass is 347 g/mol. The first kappa shape index (κ1) is 17.1. The molecular formula is C17H18FN3O4. The minimum atomic E-state index is -1.03. The van der Waals surface area contributed by atoms with Crippen LogP contribution >= 0.6 is 0 Å². The van der Waals surface area contributed by atoms with Gasteiger partial charge in [0.25, 0.3) is 0 Å². The highest BCUT2D eigenvalue weighted by Gasteiger charge is 2.33. The zero-order valence-corrected chi connectivity index (χ0v) is 13.7. The summed E-state index contributed by atoms with van der Waals surface area (Å²) in [6.07, 6.45) is 1.97. The van der Waals surface area contributed by atoms with Crippen molar-refractivity contribution in [1.29, 1.82) is 0 Å². The van der Waals surface area contributed by atoms with E-state index in [1.54, 1.807) is 19.1 Å². The maximum atomic E-state index is 13.6. The zero-order chi connectivity index (χ0) is 18.0. The van der Waals surface area contributed by atoms with Crippen molar-refractivity contribution in [1.82, 2.24) is 15.0 Å². The fourth-order valence-corrected chi connectivity index (χ4v) is 2.52. The number of hydrogen-bond donors (Lipinski definition) is 1. The van der Waals surface area contributed by atoms with Gasteiger partial charge in [-0.15, -0.1) is 0 Å². The second-order valence-corrected chi connectivity index (χ2v) is 6.12. The number of amides is 1. The van der Waals surface area contributed by atoms with Gasteiger partial charge in [-0.3, -0.25) is 9.59 Å². The minimum Gasteiger partial charge on any atom is -0.480 e. The molecule has 0 saturated heterocycles. The van der Waals surface area contributed by atoms with E-state index in [2.05, 4.69) is 10.1 Å². The fraction of sp³-hybridized carbons (Fsp3) is 0.412. The third kappa shape index (κ3) is 4.20. The molecule has 0 bridgehead atoms. The van der Waals surface area contributed by atoms with Crippen molar-refractivity contribution in [3.63, 3.8) is 0 Å². The molecule has 1 aliphatic carbocycles. The van der Waals surface area contributed by atoms with Crippen LogP contribution in [-0.2, 0) is 16.0 Å². The lowest BCUT2D eigenvalue weighted by atomic mass is 10.1. The van der Waals surface area contributed by atoms with E-state index >= 15 is 0 Å². The van der Waals surface area contributed by atoms with Gasteiger partial charge in [0, 0.05) is 24.4 Å². The predicted octanol–water partition coefficient (Wildman–Crippen LogP) is 2.19. The average Bonchev–Trinajstić information content (AvgIpc) is 3.30. The number of aryl methyl sites for hydroxylation is 2. The number of nitrogens with zero attached hydrogens (tertiary/aromatic N) is 3. The van der Waals surface area contributed by atoms with Crippen LogP contribution < -0.4 is 0 Å². The van der Waals surface area contributed by atoms with E-state index in [4.69, 9.17) is 9.63 Å². The smallest absolute Gasteiger partial charge is 0.323 e. The number of aliphatic carboxylic acids is 1. The lowest BCUT2D eigenvalue weighted by Gasteiger charge is -2.19. The van der Waals surface area contributed by atoms with Gasteiger partial charge in [0.05, 0.1) is 0 Å². The molecule has 3 rings (SSSR count). The molecule has 132 valence electrons. The average molecular weight is 347 g/mol. The Hall–Kier alpha value is -2.77. The molecule has 1 amide bonds. The van der Waals surface area contributed by atoms with E-state index in [1.165, 1.54) is 11.0 Å². The standard InChI is InChI=1S/C17H18FN3O4/c1-10-2-3-11(8-13(10)18)17-19-14(25-20-17)6-7-15(22)21(9-16(23)24)12-4-5-12/h2-3,8,12H,4-7,9H2,1H3,(H,23,24). The van der Waals surface area contributed by atoms with Crippen molar-refractivity contribution in [2.45, 2.75) is 38.6 Å². The summed E-state index contributed by atoms with van der Waals surface area (Å²) in [7, 11) is 0. The number of hydrogen-bond acceptors (Lipinski definition) is 5. The van der Waals surface area contributed by atoms with Crippen LogP contribution in [0.25, 0.3) is 11.4 Å².